The maximum atomic E-state index is 2.56. The molecule has 0 heterocycles. The molecule has 0 spiro atoms. The Morgan fingerprint density at radius 1 is 0.382 bits per heavy atom. The molecule has 0 saturated heterocycles. The Kier molecular flexibility index (Phi) is 14.9. The molecule has 0 aliphatic rings. The molecule has 5 heteroatoms. The van der Waals surface area contributed by atoms with Crippen molar-refractivity contribution in [1.29, 1.82) is 0 Å². The summed E-state index contributed by atoms with van der Waals surface area (Å²) in [7, 11) is 2.79. The van der Waals surface area contributed by atoms with Crippen molar-refractivity contribution in [1.82, 2.24) is 0 Å². The van der Waals surface area contributed by atoms with Crippen molar-refractivity contribution >= 4 is 54.8 Å². The van der Waals surface area contributed by atoms with E-state index in [1.807, 2.05) is 0 Å². The van der Waals surface area contributed by atoms with Crippen LogP contribution in [0.3, 0.4) is 0 Å². The normalized spacial score (nSPS) is 13.9. The molecule has 4 aromatic rings. The van der Waals surface area contributed by atoms with Crippen LogP contribution < -0.4 is 10.6 Å². The van der Waals surface area contributed by atoms with E-state index in [-0.39, 0.29) is 32.5 Å². The first-order valence-electron chi connectivity index (χ1n) is 20.0. The molecule has 0 aromatic heterocycles. The van der Waals surface area contributed by atoms with Crippen LogP contribution in [0, 0.1) is 0 Å². The average Bonchev–Trinajstić information content (AvgIpc) is 3.02. The van der Waals surface area contributed by atoms with Crippen molar-refractivity contribution in [3.05, 3.63) is 118 Å². The van der Waals surface area contributed by atoms with Crippen molar-refractivity contribution in [3.63, 3.8) is 0 Å². The van der Waals surface area contributed by atoms with Crippen molar-refractivity contribution in [2.24, 2.45) is 0 Å². The van der Waals surface area contributed by atoms with Gasteiger partial charge in [-0.15, -0.1) is 0 Å². The molecule has 0 N–H and O–H groups in total. The molecule has 0 atom stereocenters. The Balaban J connectivity index is 2.13. The summed E-state index contributed by atoms with van der Waals surface area (Å²) >= 11 is 2.13. The van der Waals surface area contributed by atoms with Crippen LogP contribution in [-0.2, 0) is 57.1 Å². The fraction of sp³-hybridized carbons (Fsp3) is 0.480. The summed E-state index contributed by atoms with van der Waals surface area (Å²) in [5.74, 6) is 0. The van der Waals surface area contributed by atoms with Gasteiger partial charge in [0.15, 0.2) is 0 Å². The van der Waals surface area contributed by atoms with Crippen LogP contribution in [0.4, 0.5) is 0 Å². The second-order valence-corrected chi connectivity index (χ2v) is 42.2. The third-order valence-electron chi connectivity index (χ3n) is 9.92. The molecule has 292 valence electrons. The van der Waals surface area contributed by atoms with Gasteiger partial charge in [0.25, 0.3) is 0 Å². The van der Waals surface area contributed by atoms with Crippen molar-refractivity contribution in [2.75, 3.05) is 0 Å². The van der Waals surface area contributed by atoms with E-state index < -0.39 is 24.6 Å². The zero-order valence-corrected chi connectivity index (χ0v) is 46.4. The van der Waals surface area contributed by atoms with Gasteiger partial charge in [-0.2, -0.15) is 0 Å². The molecule has 0 aliphatic heterocycles. The van der Waals surface area contributed by atoms with Gasteiger partial charge in [-0.05, 0) is 0 Å². The third-order valence-corrected chi connectivity index (χ3v) is 29.1. The molecule has 0 unspecified atom stereocenters. The minimum absolute atomic E-state index is 0.0185. The standard InChI is InChI=1S/2C25H34PS.Hg/c2*1-23(2,3)18-15-20(24(4,5)6)22(21(16-18)25(7,8)9)26-17-27-19-13-11-10-12-14-19;/h2*10-16H,1-9H3;. The molecule has 0 bridgehead atoms. The molecular weight excluding hydrogens is 927 g/mol. The van der Waals surface area contributed by atoms with Gasteiger partial charge >= 0.3 is 365 Å². The average molecular weight is 996 g/mol. The quantitative estimate of drug-likeness (QED) is 0.0980. The Morgan fingerprint density at radius 2 is 0.636 bits per heavy atom. The van der Waals surface area contributed by atoms with Crippen LogP contribution in [-0.4, -0.2) is 4.27 Å². The van der Waals surface area contributed by atoms with Crippen LogP contribution in [0.25, 0.3) is 0 Å². The van der Waals surface area contributed by atoms with Crippen LogP contribution in [0.5, 0.6) is 0 Å². The van der Waals surface area contributed by atoms with Crippen LogP contribution in [0.15, 0.2) is 94.7 Å². The molecule has 0 saturated carbocycles. The van der Waals surface area contributed by atoms with E-state index in [0.29, 0.717) is 0 Å². The number of hydrogen-bond donors (Lipinski definition) is 0. The second kappa shape index (κ2) is 17.6. The Morgan fingerprint density at radius 3 is 0.855 bits per heavy atom. The first kappa shape index (κ1) is 46.5. The summed E-state index contributed by atoms with van der Waals surface area (Å²) in [6.45, 7) is 43.2. The molecule has 55 heavy (non-hydrogen) atoms. The summed E-state index contributed by atoms with van der Waals surface area (Å²) in [5, 5.41) is 3.07. The number of benzene rings is 4. The predicted octanol–water partition coefficient (Wildman–Crippen LogP) is 15.2. The number of thioether (sulfide) groups is 2. The maximum absolute atomic E-state index is 2.56. The fourth-order valence-electron chi connectivity index (χ4n) is 6.49. The van der Waals surface area contributed by atoms with Gasteiger partial charge in [-0.3, -0.25) is 0 Å². The van der Waals surface area contributed by atoms with Gasteiger partial charge in [-0.1, -0.05) is 0 Å². The van der Waals surface area contributed by atoms with Gasteiger partial charge in [0.05, 0.1) is 0 Å². The third kappa shape index (κ3) is 12.9. The van der Waals surface area contributed by atoms with Gasteiger partial charge in [0.1, 0.15) is 0 Å². The van der Waals surface area contributed by atoms with E-state index in [9.17, 15) is 0 Å². The van der Waals surface area contributed by atoms with Crippen LogP contribution >= 0.6 is 39.9 Å². The summed E-state index contributed by atoms with van der Waals surface area (Å²) < 4.78 is 3.38. The number of rotatable bonds is 8. The monoisotopic (exact) mass is 996 g/mol. The van der Waals surface area contributed by atoms with E-state index in [1.54, 1.807) is 4.27 Å². The fourth-order valence-corrected chi connectivity index (χ4v) is 33.2. The van der Waals surface area contributed by atoms with Crippen molar-refractivity contribution in [2.45, 2.75) is 167 Å². The molecule has 4 rings (SSSR count). The summed E-state index contributed by atoms with van der Waals surface area (Å²) in [6.07, 6.45) is 0. The SMILES string of the molecule is CC(C)(C)c1cc(C(C)(C)C)c(P=[C](Sc2ccccc2)[Hg][C](=Pc2c(C(C)(C)C)cc(C(C)(C)C)cc2C(C)(C)C)Sc2ccccc2)c(C(C)(C)C)c1. The zero-order chi connectivity index (χ0) is 41.4. The zero-order valence-electron chi connectivity index (χ0n) is 37.5. The Bertz CT molecular complexity index is 1780. The Hall–Kier alpha value is -1.14. The minimum atomic E-state index is -2.01. The first-order valence-corrected chi connectivity index (χ1v) is 29.0. The molecule has 0 fully saturated rings. The van der Waals surface area contributed by atoms with Crippen LogP contribution in [0.2, 0.25) is 0 Å². The van der Waals surface area contributed by atoms with Gasteiger partial charge in [-0.25, -0.2) is 0 Å². The molecule has 4 aromatic carbocycles. The predicted molar refractivity (Wildman–Crippen MR) is 253 cm³/mol. The van der Waals surface area contributed by atoms with Crippen molar-refractivity contribution < 1.29 is 24.6 Å². The van der Waals surface area contributed by atoms with Gasteiger partial charge in [0, 0.05) is 0 Å². The van der Waals surface area contributed by atoms with E-state index in [0.717, 1.165) is 0 Å². The van der Waals surface area contributed by atoms with Crippen molar-refractivity contribution in [3.8, 4) is 0 Å². The van der Waals surface area contributed by atoms with E-state index >= 15 is 0 Å². The summed E-state index contributed by atoms with van der Waals surface area (Å²) in [6, 6.07) is 32.6. The summed E-state index contributed by atoms with van der Waals surface area (Å²) in [4.78, 5) is 2.71. The Labute approximate surface area is 361 Å². The van der Waals surface area contributed by atoms with E-state index in [2.05, 4.69) is 233 Å². The second-order valence-electron chi connectivity index (χ2n) is 21.4. The number of hydrogen-bond acceptors (Lipinski definition) is 2. The molecule has 0 aliphatic carbocycles. The molecular formula is C50H68HgP2S2. The van der Waals surface area contributed by atoms with Gasteiger partial charge < -0.3 is 0 Å². The first-order chi connectivity index (χ1) is 25.0. The van der Waals surface area contributed by atoms with E-state index in [1.165, 1.54) is 70.2 Å². The van der Waals surface area contributed by atoms with Crippen LogP contribution in [0.1, 0.15) is 158 Å². The molecule has 0 nitrogen and oxygen atoms in total. The summed E-state index contributed by atoms with van der Waals surface area (Å²) in [5.41, 5.74) is 9.12. The topological polar surface area (TPSA) is 0 Å². The molecule has 0 amide bonds. The molecule has 0 radical (unpaired) electrons. The van der Waals surface area contributed by atoms with E-state index in [4.69, 9.17) is 0 Å². The van der Waals surface area contributed by atoms with Gasteiger partial charge in [0.2, 0.25) is 0 Å².